The van der Waals surface area contributed by atoms with Crippen LogP contribution in [0.1, 0.15) is 36.7 Å². The van der Waals surface area contributed by atoms with Gasteiger partial charge in [0.25, 0.3) is 5.91 Å². The number of amides is 2. The molecule has 0 fully saturated rings. The van der Waals surface area contributed by atoms with Crippen LogP contribution in [0.2, 0.25) is 0 Å². The Kier molecular flexibility index (Phi) is 7.36. The number of carbonyl (C=O) groups is 3. The van der Waals surface area contributed by atoms with Gasteiger partial charge in [-0.25, -0.2) is 9.59 Å². The maximum Gasteiger partial charge on any atom is 0.408 e. The molecule has 0 saturated carbocycles. The minimum absolute atomic E-state index is 0.343. The van der Waals surface area contributed by atoms with Gasteiger partial charge in [-0.05, 0) is 57.5 Å². The third-order valence-electron chi connectivity index (χ3n) is 3.68. The van der Waals surface area contributed by atoms with Crippen molar-refractivity contribution in [3.05, 3.63) is 65.7 Å². The molecule has 0 bridgehead atoms. The molecular formula is C22H26N2O5. The number of carbonyl (C=O) groups excluding carboxylic acids is 3. The summed E-state index contributed by atoms with van der Waals surface area (Å²) >= 11 is 0. The lowest BCUT2D eigenvalue weighted by Crippen LogP contribution is -2.48. The van der Waals surface area contributed by atoms with Gasteiger partial charge in [0.1, 0.15) is 18.2 Å². The summed E-state index contributed by atoms with van der Waals surface area (Å²) < 4.78 is 10.4. The average molecular weight is 398 g/mol. The Labute approximate surface area is 170 Å². The molecule has 0 aromatic heterocycles. The zero-order valence-corrected chi connectivity index (χ0v) is 17.0. The second-order valence-electron chi connectivity index (χ2n) is 7.52. The molecule has 0 aliphatic heterocycles. The summed E-state index contributed by atoms with van der Waals surface area (Å²) in [6.45, 7) is 6.69. The SMILES string of the molecule is Cc1cccc(NC(=O)[C@H](COC(=O)c2ccccc2)NC(=O)OC(C)(C)C)c1. The second kappa shape index (κ2) is 9.73. The normalized spacial score (nSPS) is 11.9. The van der Waals surface area contributed by atoms with Gasteiger partial charge in [0.15, 0.2) is 0 Å². The lowest BCUT2D eigenvalue weighted by Gasteiger charge is -2.23. The van der Waals surface area contributed by atoms with Gasteiger partial charge in [-0.1, -0.05) is 30.3 Å². The molecule has 0 aliphatic carbocycles. The van der Waals surface area contributed by atoms with Crippen LogP contribution in [-0.4, -0.2) is 36.2 Å². The van der Waals surface area contributed by atoms with E-state index in [0.717, 1.165) is 5.56 Å². The number of benzene rings is 2. The zero-order chi connectivity index (χ0) is 21.4. The van der Waals surface area contributed by atoms with E-state index < -0.39 is 29.6 Å². The van der Waals surface area contributed by atoms with Gasteiger partial charge >= 0.3 is 12.1 Å². The number of ether oxygens (including phenoxy) is 2. The second-order valence-corrected chi connectivity index (χ2v) is 7.52. The van der Waals surface area contributed by atoms with Crippen LogP contribution in [0.4, 0.5) is 10.5 Å². The highest BCUT2D eigenvalue weighted by atomic mass is 16.6. The molecule has 0 heterocycles. The summed E-state index contributed by atoms with van der Waals surface area (Å²) in [7, 11) is 0. The van der Waals surface area contributed by atoms with Crippen molar-refractivity contribution in [2.75, 3.05) is 11.9 Å². The molecule has 1 atom stereocenters. The molecule has 2 N–H and O–H groups in total. The standard InChI is InChI=1S/C22H26N2O5/c1-15-9-8-12-17(13-15)23-19(25)18(24-21(27)29-22(2,3)4)14-28-20(26)16-10-6-5-7-11-16/h5-13,18H,14H2,1-4H3,(H,23,25)(H,24,27)/t18-/m0/s1. The van der Waals surface area contributed by atoms with Gasteiger partial charge in [0.05, 0.1) is 5.56 Å². The van der Waals surface area contributed by atoms with Crippen molar-refractivity contribution in [1.29, 1.82) is 0 Å². The van der Waals surface area contributed by atoms with Gasteiger partial charge in [-0.3, -0.25) is 4.79 Å². The Balaban J connectivity index is 2.08. The van der Waals surface area contributed by atoms with E-state index in [1.165, 1.54) is 0 Å². The quantitative estimate of drug-likeness (QED) is 0.724. The van der Waals surface area contributed by atoms with Crippen molar-refractivity contribution in [2.45, 2.75) is 39.3 Å². The average Bonchev–Trinajstić information content (AvgIpc) is 2.64. The fourth-order valence-corrected chi connectivity index (χ4v) is 2.40. The van der Waals surface area contributed by atoms with Gasteiger partial charge in [0, 0.05) is 5.69 Å². The van der Waals surface area contributed by atoms with E-state index in [2.05, 4.69) is 10.6 Å². The molecule has 2 amide bonds. The molecule has 7 heteroatoms. The van der Waals surface area contributed by atoms with Crippen LogP contribution in [0.25, 0.3) is 0 Å². The van der Waals surface area contributed by atoms with Gasteiger partial charge < -0.3 is 20.1 Å². The van der Waals surface area contributed by atoms with Crippen LogP contribution in [0.5, 0.6) is 0 Å². The van der Waals surface area contributed by atoms with E-state index in [1.807, 2.05) is 13.0 Å². The third-order valence-corrected chi connectivity index (χ3v) is 3.68. The first-order chi connectivity index (χ1) is 13.6. The summed E-state index contributed by atoms with van der Waals surface area (Å²) in [5.74, 6) is -1.12. The lowest BCUT2D eigenvalue weighted by molar-refractivity contribution is -0.119. The summed E-state index contributed by atoms with van der Waals surface area (Å²) in [4.78, 5) is 37.0. The van der Waals surface area contributed by atoms with Gasteiger partial charge in [-0.2, -0.15) is 0 Å². The Bertz CT molecular complexity index is 859. The van der Waals surface area contributed by atoms with Crippen molar-refractivity contribution < 1.29 is 23.9 Å². The fraction of sp³-hybridized carbons (Fsp3) is 0.318. The topological polar surface area (TPSA) is 93.7 Å². The number of aryl methyl sites for hydroxylation is 1. The fourth-order valence-electron chi connectivity index (χ4n) is 2.40. The van der Waals surface area contributed by atoms with Crippen molar-refractivity contribution >= 4 is 23.7 Å². The Hall–Kier alpha value is -3.35. The van der Waals surface area contributed by atoms with Crippen molar-refractivity contribution in [3.8, 4) is 0 Å². The molecule has 0 saturated heterocycles. The number of anilines is 1. The summed E-state index contributed by atoms with van der Waals surface area (Å²) in [6.07, 6.45) is -0.780. The van der Waals surface area contributed by atoms with Crippen molar-refractivity contribution in [3.63, 3.8) is 0 Å². The minimum atomic E-state index is -1.13. The highest BCUT2D eigenvalue weighted by Gasteiger charge is 2.26. The van der Waals surface area contributed by atoms with Gasteiger partial charge in [-0.15, -0.1) is 0 Å². The smallest absolute Gasteiger partial charge is 0.408 e. The monoisotopic (exact) mass is 398 g/mol. The summed E-state index contributed by atoms with van der Waals surface area (Å²) in [5.41, 5.74) is 1.15. The van der Waals surface area contributed by atoms with Crippen molar-refractivity contribution in [2.24, 2.45) is 0 Å². The maximum absolute atomic E-state index is 12.7. The number of esters is 1. The van der Waals surface area contributed by atoms with E-state index in [1.54, 1.807) is 69.3 Å². The molecule has 154 valence electrons. The molecule has 2 aromatic carbocycles. The van der Waals surface area contributed by atoms with Crippen LogP contribution >= 0.6 is 0 Å². The zero-order valence-electron chi connectivity index (χ0n) is 17.0. The molecule has 0 unspecified atom stereocenters. The number of nitrogens with one attached hydrogen (secondary N) is 2. The highest BCUT2D eigenvalue weighted by Crippen LogP contribution is 2.11. The Morgan fingerprint density at radius 2 is 1.69 bits per heavy atom. The van der Waals surface area contributed by atoms with Crippen LogP contribution in [0, 0.1) is 6.92 Å². The van der Waals surface area contributed by atoms with Crippen LogP contribution in [0.15, 0.2) is 54.6 Å². The molecule has 0 radical (unpaired) electrons. The van der Waals surface area contributed by atoms with Crippen molar-refractivity contribution in [1.82, 2.24) is 5.32 Å². The molecule has 7 nitrogen and oxygen atoms in total. The number of rotatable bonds is 6. The molecule has 0 spiro atoms. The first-order valence-electron chi connectivity index (χ1n) is 9.23. The van der Waals surface area contributed by atoms with Crippen LogP contribution in [-0.2, 0) is 14.3 Å². The van der Waals surface area contributed by atoms with E-state index in [9.17, 15) is 14.4 Å². The van der Waals surface area contributed by atoms with E-state index in [4.69, 9.17) is 9.47 Å². The maximum atomic E-state index is 12.7. The third kappa shape index (κ3) is 7.65. The molecular weight excluding hydrogens is 372 g/mol. The first kappa shape index (κ1) is 21.9. The molecule has 0 aliphatic rings. The Morgan fingerprint density at radius 3 is 2.31 bits per heavy atom. The first-order valence-corrected chi connectivity index (χ1v) is 9.23. The summed E-state index contributed by atoms with van der Waals surface area (Å²) in [5, 5.41) is 5.18. The minimum Gasteiger partial charge on any atom is -0.459 e. The predicted octanol–water partition coefficient (Wildman–Crippen LogP) is 3.68. The molecule has 2 rings (SSSR count). The van der Waals surface area contributed by atoms with E-state index >= 15 is 0 Å². The largest absolute Gasteiger partial charge is 0.459 e. The van der Waals surface area contributed by atoms with E-state index in [-0.39, 0.29) is 6.61 Å². The lowest BCUT2D eigenvalue weighted by atomic mass is 10.2. The number of hydrogen-bond acceptors (Lipinski definition) is 5. The Morgan fingerprint density at radius 1 is 1.00 bits per heavy atom. The molecule has 2 aromatic rings. The number of alkyl carbamates (subject to hydrolysis) is 1. The predicted molar refractivity (Wildman–Crippen MR) is 110 cm³/mol. The summed E-state index contributed by atoms with van der Waals surface area (Å²) in [6, 6.07) is 14.5. The van der Waals surface area contributed by atoms with Crippen LogP contribution in [0.3, 0.4) is 0 Å². The van der Waals surface area contributed by atoms with Crippen LogP contribution < -0.4 is 10.6 Å². The van der Waals surface area contributed by atoms with E-state index in [0.29, 0.717) is 11.3 Å². The van der Waals surface area contributed by atoms with Gasteiger partial charge in [0.2, 0.25) is 0 Å². The number of hydrogen-bond donors (Lipinski definition) is 2. The molecule has 29 heavy (non-hydrogen) atoms. The highest BCUT2D eigenvalue weighted by molar-refractivity contribution is 5.97.